The van der Waals surface area contributed by atoms with E-state index in [9.17, 15) is 0 Å². The summed E-state index contributed by atoms with van der Waals surface area (Å²) >= 11 is 1.80. The number of guanidine groups is 1. The number of fused-ring (bicyclic) bond motifs is 1. The molecule has 1 aromatic carbocycles. The second-order valence-electron chi connectivity index (χ2n) is 6.69. The summed E-state index contributed by atoms with van der Waals surface area (Å²) in [6.45, 7) is 9.69. The highest BCUT2D eigenvalue weighted by atomic mass is 32.1. The van der Waals surface area contributed by atoms with Gasteiger partial charge in [-0.2, -0.15) is 0 Å². The van der Waals surface area contributed by atoms with Gasteiger partial charge in [0.15, 0.2) is 5.96 Å². The number of aryl methyl sites for hydroxylation is 2. The van der Waals surface area contributed by atoms with Crippen molar-refractivity contribution in [2.45, 2.75) is 46.5 Å². The molecule has 0 fully saturated rings. The molecule has 0 atom stereocenters. The largest absolute Gasteiger partial charge is 0.493 e. The third kappa shape index (κ3) is 5.45. The van der Waals surface area contributed by atoms with Gasteiger partial charge in [-0.25, -0.2) is 4.98 Å². The van der Waals surface area contributed by atoms with Crippen LogP contribution in [0.3, 0.4) is 0 Å². The first-order valence-electron chi connectivity index (χ1n) is 9.91. The van der Waals surface area contributed by atoms with E-state index in [1.807, 2.05) is 0 Å². The Balaban J connectivity index is 1.48. The van der Waals surface area contributed by atoms with E-state index in [0.717, 1.165) is 63.6 Å². The maximum Gasteiger partial charge on any atom is 0.191 e. The van der Waals surface area contributed by atoms with Gasteiger partial charge in [0.25, 0.3) is 0 Å². The summed E-state index contributed by atoms with van der Waals surface area (Å²) in [6.07, 6.45) is 3.90. The number of aliphatic imine (C=N–C) groups is 1. The molecule has 6 heteroatoms. The zero-order chi connectivity index (χ0) is 19.1. The number of aromatic nitrogens is 1. The first-order chi connectivity index (χ1) is 13.2. The van der Waals surface area contributed by atoms with Gasteiger partial charge in [0, 0.05) is 37.4 Å². The number of thiazole rings is 1. The van der Waals surface area contributed by atoms with E-state index >= 15 is 0 Å². The van der Waals surface area contributed by atoms with Gasteiger partial charge in [-0.1, -0.05) is 19.1 Å². The Hall–Kier alpha value is -2.08. The molecule has 0 saturated heterocycles. The Kier molecular flexibility index (Phi) is 7.10. The zero-order valence-corrected chi connectivity index (χ0v) is 17.4. The fourth-order valence-corrected chi connectivity index (χ4v) is 4.26. The van der Waals surface area contributed by atoms with Gasteiger partial charge in [0.05, 0.1) is 17.3 Å². The van der Waals surface area contributed by atoms with E-state index in [1.165, 1.54) is 26.7 Å². The van der Waals surface area contributed by atoms with Crippen LogP contribution in [0.2, 0.25) is 0 Å². The predicted molar refractivity (Wildman–Crippen MR) is 113 cm³/mol. The average molecular weight is 387 g/mol. The van der Waals surface area contributed by atoms with Crippen LogP contribution in [0.5, 0.6) is 5.75 Å². The molecule has 0 bridgehead atoms. The molecule has 1 aromatic heterocycles. The van der Waals surface area contributed by atoms with Crippen LogP contribution in [0.4, 0.5) is 0 Å². The number of nitrogens with one attached hydrogen (secondary N) is 2. The van der Waals surface area contributed by atoms with Crippen molar-refractivity contribution in [1.82, 2.24) is 15.6 Å². The van der Waals surface area contributed by atoms with Crippen molar-refractivity contribution < 1.29 is 4.74 Å². The Morgan fingerprint density at radius 3 is 2.93 bits per heavy atom. The van der Waals surface area contributed by atoms with Crippen molar-refractivity contribution in [2.75, 3.05) is 26.2 Å². The third-order valence-electron chi connectivity index (χ3n) is 4.67. The first kappa shape index (κ1) is 19.7. The minimum absolute atomic E-state index is 0.752. The molecule has 0 saturated carbocycles. The summed E-state index contributed by atoms with van der Waals surface area (Å²) in [6, 6.07) is 6.52. The minimum atomic E-state index is 0.752. The summed E-state index contributed by atoms with van der Waals surface area (Å²) in [5.74, 6) is 1.93. The van der Waals surface area contributed by atoms with Gasteiger partial charge in [0.2, 0.25) is 0 Å². The maximum atomic E-state index is 5.58. The van der Waals surface area contributed by atoms with Gasteiger partial charge in [-0.05, 0) is 43.9 Å². The van der Waals surface area contributed by atoms with Crippen LogP contribution >= 0.6 is 11.3 Å². The molecule has 2 N–H and O–H groups in total. The summed E-state index contributed by atoms with van der Waals surface area (Å²) < 4.78 is 5.58. The van der Waals surface area contributed by atoms with Gasteiger partial charge in [0.1, 0.15) is 5.75 Å². The van der Waals surface area contributed by atoms with E-state index in [2.05, 4.69) is 49.6 Å². The molecular formula is C21H30N4OS. The zero-order valence-electron chi connectivity index (χ0n) is 16.6. The van der Waals surface area contributed by atoms with Gasteiger partial charge in [-0.15, -0.1) is 11.3 Å². The summed E-state index contributed by atoms with van der Waals surface area (Å²) in [4.78, 5) is 10.7. The molecule has 2 aromatic rings. The molecule has 0 aliphatic carbocycles. The van der Waals surface area contributed by atoms with Crippen molar-refractivity contribution in [3.63, 3.8) is 0 Å². The van der Waals surface area contributed by atoms with E-state index in [4.69, 9.17) is 14.7 Å². The Morgan fingerprint density at radius 1 is 1.26 bits per heavy atom. The van der Waals surface area contributed by atoms with Crippen LogP contribution in [-0.4, -0.2) is 37.2 Å². The topological polar surface area (TPSA) is 58.5 Å². The molecular weight excluding hydrogens is 356 g/mol. The van der Waals surface area contributed by atoms with Crippen molar-refractivity contribution in [3.8, 4) is 5.75 Å². The monoisotopic (exact) mass is 386 g/mol. The van der Waals surface area contributed by atoms with Gasteiger partial charge < -0.3 is 15.4 Å². The summed E-state index contributed by atoms with van der Waals surface area (Å²) in [5, 5.41) is 7.95. The predicted octanol–water partition coefficient (Wildman–Crippen LogP) is 3.29. The van der Waals surface area contributed by atoms with E-state index < -0.39 is 0 Å². The molecule has 146 valence electrons. The van der Waals surface area contributed by atoms with Crippen LogP contribution in [0.25, 0.3) is 0 Å². The second kappa shape index (κ2) is 9.74. The van der Waals surface area contributed by atoms with Crippen LogP contribution < -0.4 is 15.4 Å². The molecule has 0 spiro atoms. The quantitative estimate of drug-likeness (QED) is 0.540. The van der Waals surface area contributed by atoms with Crippen molar-refractivity contribution in [1.29, 1.82) is 0 Å². The maximum absolute atomic E-state index is 5.58. The van der Waals surface area contributed by atoms with Crippen molar-refractivity contribution >= 4 is 17.3 Å². The second-order valence-corrected chi connectivity index (χ2v) is 7.98. The number of benzene rings is 1. The molecule has 0 radical (unpaired) electrons. The minimum Gasteiger partial charge on any atom is -0.493 e. The van der Waals surface area contributed by atoms with Crippen LogP contribution in [-0.2, 0) is 25.7 Å². The van der Waals surface area contributed by atoms with Gasteiger partial charge in [-0.3, -0.25) is 4.99 Å². The molecule has 3 rings (SSSR count). The first-order valence-corrected chi connectivity index (χ1v) is 10.7. The Labute approximate surface area is 166 Å². The smallest absolute Gasteiger partial charge is 0.191 e. The lowest BCUT2D eigenvalue weighted by Gasteiger charge is -2.11. The third-order valence-corrected chi connectivity index (χ3v) is 5.74. The van der Waals surface area contributed by atoms with Crippen LogP contribution in [0.15, 0.2) is 23.2 Å². The fraction of sp³-hybridized carbons (Fsp3) is 0.524. The Morgan fingerprint density at radius 2 is 2.15 bits per heavy atom. The molecule has 1 aliphatic rings. The SMILES string of the molecule is CCNC(=NCCc1nc(CC)c(C)s1)NCCc1ccc2c(c1)CCO2. The molecule has 0 amide bonds. The number of ether oxygens (including phenoxy) is 1. The van der Waals surface area contributed by atoms with E-state index in [-0.39, 0.29) is 0 Å². The van der Waals surface area contributed by atoms with E-state index in [0.29, 0.717) is 0 Å². The number of hydrogen-bond donors (Lipinski definition) is 2. The lowest BCUT2D eigenvalue weighted by molar-refractivity contribution is 0.357. The highest BCUT2D eigenvalue weighted by Crippen LogP contribution is 2.25. The molecule has 0 unspecified atom stereocenters. The fourth-order valence-electron chi connectivity index (χ4n) is 3.25. The normalized spacial score (nSPS) is 13.4. The van der Waals surface area contributed by atoms with Crippen molar-refractivity contribution in [2.24, 2.45) is 4.99 Å². The lowest BCUT2D eigenvalue weighted by Crippen LogP contribution is -2.38. The van der Waals surface area contributed by atoms with Crippen molar-refractivity contribution in [3.05, 3.63) is 44.9 Å². The summed E-state index contributed by atoms with van der Waals surface area (Å²) in [5.41, 5.74) is 3.90. The number of nitrogens with zero attached hydrogens (tertiary/aromatic N) is 2. The Bertz CT molecular complexity index is 784. The number of rotatable bonds is 8. The molecule has 27 heavy (non-hydrogen) atoms. The van der Waals surface area contributed by atoms with Crippen LogP contribution in [0, 0.1) is 6.92 Å². The lowest BCUT2D eigenvalue weighted by atomic mass is 10.1. The van der Waals surface area contributed by atoms with Gasteiger partial charge >= 0.3 is 0 Å². The molecule has 1 aliphatic heterocycles. The highest BCUT2D eigenvalue weighted by molar-refractivity contribution is 7.11. The highest BCUT2D eigenvalue weighted by Gasteiger charge is 2.11. The number of hydrogen-bond acceptors (Lipinski definition) is 4. The molecule has 2 heterocycles. The average Bonchev–Trinajstić information content (AvgIpc) is 3.27. The van der Waals surface area contributed by atoms with E-state index in [1.54, 1.807) is 11.3 Å². The molecule has 5 nitrogen and oxygen atoms in total. The summed E-state index contributed by atoms with van der Waals surface area (Å²) in [7, 11) is 0. The standard InChI is InChI=1S/C21H30N4OS/c1-4-18-15(3)27-20(25-18)9-12-24-21(22-5-2)23-11-8-16-6-7-19-17(14-16)10-13-26-19/h6-7,14H,4-5,8-13H2,1-3H3,(H2,22,23,24). The van der Waals surface area contributed by atoms with Crippen LogP contribution in [0.1, 0.15) is 40.6 Å².